The van der Waals surface area contributed by atoms with E-state index >= 15 is 0 Å². The van der Waals surface area contributed by atoms with Crippen molar-refractivity contribution in [2.75, 3.05) is 18.9 Å². The fourth-order valence-corrected chi connectivity index (χ4v) is 2.34. The maximum Gasteiger partial charge on any atom is 0.244 e. The lowest BCUT2D eigenvalue weighted by molar-refractivity contribution is -0.127. The van der Waals surface area contributed by atoms with Gasteiger partial charge in [0.05, 0.1) is 0 Å². The van der Waals surface area contributed by atoms with Crippen LogP contribution in [0.4, 0.5) is 5.69 Å². The molecule has 0 spiro atoms. The fraction of sp³-hybridized carbons (Fsp3) is 0.250. The van der Waals surface area contributed by atoms with Crippen LogP contribution in [0.25, 0.3) is 0 Å². The molecule has 5 heteroatoms. The van der Waals surface area contributed by atoms with Gasteiger partial charge in [0.2, 0.25) is 11.8 Å². The molecule has 1 saturated heterocycles. The Labute approximate surface area is 123 Å². The molecule has 5 nitrogen and oxygen atoms in total. The Morgan fingerprint density at radius 2 is 2.19 bits per heavy atom. The molecule has 1 aliphatic heterocycles. The van der Waals surface area contributed by atoms with Crippen LogP contribution in [-0.4, -0.2) is 35.4 Å². The highest BCUT2D eigenvalue weighted by Crippen LogP contribution is 2.24. The largest absolute Gasteiger partial charge is 0.439 e. The molecule has 0 bridgehead atoms. The van der Waals surface area contributed by atoms with Gasteiger partial charge in [0.1, 0.15) is 11.8 Å². The summed E-state index contributed by atoms with van der Waals surface area (Å²) in [7, 11) is 1.82. The molecule has 3 rings (SSSR count). The van der Waals surface area contributed by atoms with Crippen molar-refractivity contribution in [2.24, 2.45) is 0 Å². The fourth-order valence-electron chi connectivity index (χ4n) is 2.34. The molecule has 0 aliphatic carbocycles. The molecule has 21 heavy (non-hydrogen) atoms. The topological polar surface area (TPSA) is 54.5 Å². The van der Waals surface area contributed by atoms with E-state index in [9.17, 15) is 4.79 Å². The number of hydrogen-bond acceptors (Lipinski definition) is 4. The van der Waals surface area contributed by atoms with Crippen LogP contribution in [0.5, 0.6) is 11.6 Å². The SMILES string of the molecule is CN1CCC(Nc2cccc(Oc3ccccn3)c2)C1=O. The molecule has 108 valence electrons. The smallest absolute Gasteiger partial charge is 0.244 e. The van der Waals surface area contributed by atoms with Gasteiger partial charge in [0.15, 0.2) is 0 Å². The standard InChI is InChI=1S/C16H17N3O2/c1-19-10-8-14(16(19)20)18-12-5-4-6-13(11-12)21-15-7-2-3-9-17-15/h2-7,9,11,14,18H,8,10H2,1H3. The molecule has 1 fully saturated rings. The van der Waals surface area contributed by atoms with Crippen molar-refractivity contribution in [3.8, 4) is 11.6 Å². The minimum Gasteiger partial charge on any atom is -0.439 e. The second kappa shape index (κ2) is 5.83. The van der Waals surface area contributed by atoms with Crippen LogP contribution in [0.1, 0.15) is 6.42 Å². The summed E-state index contributed by atoms with van der Waals surface area (Å²) in [6.45, 7) is 0.792. The molecule has 1 aromatic heterocycles. The van der Waals surface area contributed by atoms with Crippen molar-refractivity contribution in [3.63, 3.8) is 0 Å². The highest BCUT2D eigenvalue weighted by Gasteiger charge is 2.28. The zero-order valence-electron chi connectivity index (χ0n) is 11.8. The molecule has 1 atom stereocenters. The van der Waals surface area contributed by atoms with E-state index in [-0.39, 0.29) is 11.9 Å². The van der Waals surface area contributed by atoms with Crippen molar-refractivity contribution in [1.82, 2.24) is 9.88 Å². The van der Waals surface area contributed by atoms with Gasteiger partial charge in [0.25, 0.3) is 0 Å². The van der Waals surface area contributed by atoms with E-state index < -0.39 is 0 Å². The van der Waals surface area contributed by atoms with E-state index in [1.54, 1.807) is 17.2 Å². The average molecular weight is 283 g/mol. The third kappa shape index (κ3) is 3.13. The maximum atomic E-state index is 11.9. The van der Waals surface area contributed by atoms with E-state index in [4.69, 9.17) is 4.74 Å². The van der Waals surface area contributed by atoms with Crippen molar-refractivity contribution >= 4 is 11.6 Å². The third-order valence-corrected chi connectivity index (χ3v) is 3.46. The summed E-state index contributed by atoms with van der Waals surface area (Å²) in [6.07, 6.45) is 2.51. The summed E-state index contributed by atoms with van der Waals surface area (Å²) in [5, 5.41) is 3.26. The van der Waals surface area contributed by atoms with Crippen LogP contribution < -0.4 is 10.1 Å². The number of anilines is 1. The number of likely N-dealkylation sites (tertiary alicyclic amines) is 1. The normalized spacial score (nSPS) is 17.9. The molecule has 0 radical (unpaired) electrons. The number of ether oxygens (including phenoxy) is 1. The molecule has 1 unspecified atom stereocenters. The number of pyridine rings is 1. The van der Waals surface area contributed by atoms with Crippen LogP contribution >= 0.6 is 0 Å². The van der Waals surface area contributed by atoms with E-state index in [2.05, 4.69) is 10.3 Å². The predicted molar refractivity (Wildman–Crippen MR) is 80.4 cm³/mol. The summed E-state index contributed by atoms with van der Waals surface area (Å²) in [5.41, 5.74) is 0.872. The number of benzene rings is 1. The molecule has 1 amide bonds. The van der Waals surface area contributed by atoms with Gasteiger partial charge < -0.3 is 15.0 Å². The van der Waals surface area contributed by atoms with Gasteiger partial charge in [-0.25, -0.2) is 4.98 Å². The number of likely N-dealkylation sites (N-methyl/N-ethyl adjacent to an activating group) is 1. The Balaban J connectivity index is 1.70. The number of nitrogens with one attached hydrogen (secondary N) is 1. The number of aromatic nitrogens is 1. The van der Waals surface area contributed by atoms with Crippen molar-refractivity contribution < 1.29 is 9.53 Å². The number of carbonyl (C=O) groups excluding carboxylic acids is 1. The maximum absolute atomic E-state index is 11.9. The average Bonchev–Trinajstić information content (AvgIpc) is 2.81. The number of amides is 1. The predicted octanol–water partition coefficient (Wildman–Crippen LogP) is 2.52. The van der Waals surface area contributed by atoms with E-state index in [0.29, 0.717) is 11.6 Å². The third-order valence-electron chi connectivity index (χ3n) is 3.46. The molecule has 1 aliphatic rings. The van der Waals surface area contributed by atoms with Gasteiger partial charge >= 0.3 is 0 Å². The molecule has 1 aromatic carbocycles. The summed E-state index contributed by atoms with van der Waals surface area (Å²) < 4.78 is 5.68. The Hall–Kier alpha value is -2.56. The number of hydrogen-bond donors (Lipinski definition) is 1. The lowest BCUT2D eigenvalue weighted by Crippen LogP contribution is -2.30. The zero-order chi connectivity index (χ0) is 14.7. The minimum atomic E-state index is -0.153. The van der Waals surface area contributed by atoms with Crippen LogP contribution in [0.2, 0.25) is 0 Å². The zero-order valence-corrected chi connectivity index (χ0v) is 11.8. The van der Waals surface area contributed by atoms with Gasteiger partial charge in [-0.3, -0.25) is 4.79 Å². The van der Waals surface area contributed by atoms with Crippen LogP contribution in [0, 0.1) is 0 Å². The van der Waals surface area contributed by atoms with Crippen molar-refractivity contribution in [3.05, 3.63) is 48.7 Å². The van der Waals surface area contributed by atoms with E-state index in [1.807, 2.05) is 43.4 Å². The first-order chi connectivity index (χ1) is 10.2. The van der Waals surface area contributed by atoms with Crippen LogP contribution in [0.15, 0.2) is 48.7 Å². The summed E-state index contributed by atoms with van der Waals surface area (Å²) in [4.78, 5) is 17.8. The molecule has 2 heterocycles. The van der Waals surface area contributed by atoms with Gasteiger partial charge in [0, 0.05) is 37.6 Å². The summed E-state index contributed by atoms with van der Waals surface area (Å²) in [5.74, 6) is 1.37. The highest BCUT2D eigenvalue weighted by molar-refractivity contribution is 5.86. The minimum absolute atomic E-state index is 0.131. The Kier molecular flexibility index (Phi) is 3.73. The molecule has 1 N–H and O–H groups in total. The first kappa shape index (κ1) is 13.4. The Bertz CT molecular complexity index is 630. The quantitative estimate of drug-likeness (QED) is 0.936. The Morgan fingerprint density at radius 3 is 2.90 bits per heavy atom. The summed E-state index contributed by atoms with van der Waals surface area (Å²) in [6, 6.07) is 12.9. The lowest BCUT2D eigenvalue weighted by Gasteiger charge is -2.14. The Morgan fingerprint density at radius 1 is 1.29 bits per heavy atom. The van der Waals surface area contributed by atoms with Crippen molar-refractivity contribution in [1.29, 1.82) is 0 Å². The van der Waals surface area contributed by atoms with Gasteiger partial charge in [-0.05, 0) is 24.6 Å². The number of rotatable bonds is 4. The molecule has 0 saturated carbocycles. The molecular weight excluding hydrogens is 266 g/mol. The van der Waals surface area contributed by atoms with Gasteiger partial charge in [-0.2, -0.15) is 0 Å². The van der Waals surface area contributed by atoms with Crippen LogP contribution in [0.3, 0.4) is 0 Å². The van der Waals surface area contributed by atoms with Crippen molar-refractivity contribution in [2.45, 2.75) is 12.5 Å². The number of carbonyl (C=O) groups is 1. The first-order valence-electron chi connectivity index (χ1n) is 6.93. The molecule has 2 aromatic rings. The van der Waals surface area contributed by atoms with Crippen LogP contribution in [-0.2, 0) is 4.79 Å². The number of nitrogens with zero attached hydrogens (tertiary/aromatic N) is 2. The van der Waals surface area contributed by atoms with E-state index in [1.165, 1.54) is 0 Å². The highest BCUT2D eigenvalue weighted by atomic mass is 16.5. The second-order valence-corrected chi connectivity index (χ2v) is 5.04. The first-order valence-corrected chi connectivity index (χ1v) is 6.93. The van der Waals surface area contributed by atoms with Gasteiger partial charge in [-0.15, -0.1) is 0 Å². The monoisotopic (exact) mass is 283 g/mol. The summed E-state index contributed by atoms with van der Waals surface area (Å²) >= 11 is 0. The van der Waals surface area contributed by atoms with Gasteiger partial charge in [-0.1, -0.05) is 12.1 Å². The second-order valence-electron chi connectivity index (χ2n) is 5.04. The van der Waals surface area contributed by atoms with E-state index in [0.717, 1.165) is 18.7 Å². The molecular formula is C16H17N3O2. The lowest BCUT2D eigenvalue weighted by atomic mass is 10.2.